The van der Waals surface area contributed by atoms with E-state index in [1.165, 1.54) is 5.56 Å². The smallest absolute Gasteiger partial charge is 0.229 e. The lowest BCUT2D eigenvalue weighted by molar-refractivity contribution is 1.08. The molecule has 0 spiro atoms. The summed E-state index contributed by atoms with van der Waals surface area (Å²) in [6.45, 7) is 0. The summed E-state index contributed by atoms with van der Waals surface area (Å²) in [4.78, 5) is 8.73. The molecule has 0 bridgehead atoms. The van der Waals surface area contributed by atoms with E-state index in [0.717, 1.165) is 35.4 Å². The van der Waals surface area contributed by atoms with Crippen LogP contribution in [0.25, 0.3) is 5.57 Å². The third-order valence-corrected chi connectivity index (χ3v) is 4.55. The highest BCUT2D eigenvalue weighted by molar-refractivity contribution is 5.76. The first-order chi connectivity index (χ1) is 13.7. The zero-order valence-corrected chi connectivity index (χ0v) is 15.0. The van der Waals surface area contributed by atoms with E-state index in [2.05, 4.69) is 38.8 Å². The van der Waals surface area contributed by atoms with Crippen molar-refractivity contribution in [2.24, 2.45) is 0 Å². The van der Waals surface area contributed by atoms with Gasteiger partial charge in [0.1, 0.15) is 5.82 Å². The van der Waals surface area contributed by atoms with E-state index in [9.17, 15) is 0 Å². The predicted octanol–water partition coefficient (Wildman–Crippen LogP) is 4.69. The Morgan fingerprint density at radius 1 is 0.929 bits per heavy atom. The third-order valence-electron chi connectivity index (χ3n) is 4.55. The van der Waals surface area contributed by atoms with E-state index < -0.39 is 0 Å². The molecule has 1 aliphatic carbocycles. The Kier molecular flexibility index (Phi) is 4.69. The van der Waals surface area contributed by atoms with Crippen LogP contribution in [0.1, 0.15) is 23.1 Å². The zero-order chi connectivity index (χ0) is 19.3. The topological polar surface area (TPSA) is 97.4 Å². The third kappa shape index (κ3) is 3.67. The molecule has 0 fully saturated rings. The molecule has 0 unspecified atom stereocenters. The maximum absolute atomic E-state index is 8.89. The highest BCUT2D eigenvalue weighted by atomic mass is 15.1. The lowest BCUT2D eigenvalue weighted by Crippen LogP contribution is -2.00. The van der Waals surface area contributed by atoms with Crippen molar-refractivity contribution in [1.29, 1.82) is 10.5 Å². The highest BCUT2D eigenvalue weighted by Gasteiger charge is 2.16. The van der Waals surface area contributed by atoms with Crippen LogP contribution in [0.5, 0.6) is 0 Å². The van der Waals surface area contributed by atoms with E-state index >= 15 is 0 Å². The lowest BCUT2D eigenvalue weighted by atomic mass is 10.1. The number of nitrogens with zero attached hydrogens (tertiary/aromatic N) is 4. The van der Waals surface area contributed by atoms with Gasteiger partial charge in [0.05, 0.1) is 17.7 Å². The van der Waals surface area contributed by atoms with Gasteiger partial charge in [0.15, 0.2) is 0 Å². The second-order valence-corrected chi connectivity index (χ2v) is 6.38. The first kappa shape index (κ1) is 17.3. The van der Waals surface area contributed by atoms with Gasteiger partial charge in [-0.3, -0.25) is 0 Å². The molecule has 1 heterocycles. The number of allylic oxidation sites excluding steroid dienone is 2. The Bertz CT molecular complexity index is 1130. The zero-order valence-electron chi connectivity index (χ0n) is 15.0. The van der Waals surface area contributed by atoms with Crippen molar-refractivity contribution in [2.45, 2.75) is 12.8 Å². The molecule has 3 aromatic rings. The van der Waals surface area contributed by atoms with Crippen molar-refractivity contribution in [3.8, 4) is 12.1 Å². The summed E-state index contributed by atoms with van der Waals surface area (Å²) in [6, 6.07) is 19.3. The number of hydrogen-bond acceptors (Lipinski definition) is 6. The molecule has 2 aromatic carbocycles. The van der Waals surface area contributed by atoms with Gasteiger partial charge in [-0.15, -0.1) is 0 Å². The van der Waals surface area contributed by atoms with Crippen molar-refractivity contribution in [3.05, 3.63) is 77.5 Å². The largest absolute Gasteiger partial charge is 0.340 e. The summed E-state index contributed by atoms with van der Waals surface area (Å²) in [7, 11) is 0. The van der Waals surface area contributed by atoms with Crippen LogP contribution < -0.4 is 10.6 Å². The number of rotatable bonds is 4. The van der Waals surface area contributed by atoms with Gasteiger partial charge in [0, 0.05) is 23.6 Å². The molecule has 134 valence electrons. The molecule has 0 amide bonds. The minimum Gasteiger partial charge on any atom is -0.340 e. The minimum atomic E-state index is 0.468. The lowest BCUT2D eigenvalue weighted by Gasteiger charge is -2.10. The van der Waals surface area contributed by atoms with E-state index in [0.29, 0.717) is 17.3 Å². The maximum Gasteiger partial charge on any atom is 0.229 e. The van der Waals surface area contributed by atoms with Crippen molar-refractivity contribution in [1.82, 2.24) is 9.97 Å². The summed E-state index contributed by atoms with van der Waals surface area (Å²) in [6.07, 6.45) is 5.15. The fraction of sp³-hybridized carbons (Fsp3) is 0.0909. The number of hydrogen-bond donors (Lipinski definition) is 2. The number of aryl methyl sites for hydroxylation is 1. The molecule has 1 aromatic heterocycles. The average molecular weight is 364 g/mol. The molecule has 4 rings (SSSR count). The molecule has 2 N–H and O–H groups in total. The molecule has 1 aliphatic rings. The number of nitrogens with one attached hydrogen (secondary N) is 2. The van der Waals surface area contributed by atoms with Crippen molar-refractivity contribution >= 4 is 28.7 Å². The van der Waals surface area contributed by atoms with Gasteiger partial charge in [0.2, 0.25) is 5.95 Å². The molecule has 0 radical (unpaired) electrons. The van der Waals surface area contributed by atoms with Crippen LogP contribution in [0.3, 0.4) is 0 Å². The standard InChI is InChI=1S/C22H16N6/c23-11-9-16-3-4-17-13-19(7-8-20(16)17)26-21-10-12-25-22(28-21)27-18-5-1-15(14-24)2-6-18/h1-2,5-10,12-13H,3-4H2,(H2,25,26,27,28)/b16-9-. The van der Waals surface area contributed by atoms with E-state index in [4.69, 9.17) is 10.5 Å². The van der Waals surface area contributed by atoms with Gasteiger partial charge in [0.25, 0.3) is 0 Å². The molecule has 0 saturated carbocycles. The molecule has 0 saturated heterocycles. The normalized spacial score (nSPS) is 13.4. The summed E-state index contributed by atoms with van der Waals surface area (Å²) >= 11 is 0. The second-order valence-electron chi connectivity index (χ2n) is 6.38. The summed E-state index contributed by atoms with van der Waals surface area (Å²) < 4.78 is 0. The maximum atomic E-state index is 8.89. The Hall–Kier alpha value is -4.16. The van der Waals surface area contributed by atoms with Gasteiger partial charge >= 0.3 is 0 Å². The van der Waals surface area contributed by atoms with Crippen LogP contribution in [-0.4, -0.2) is 9.97 Å². The quantitative estimate of drug-likeness (QED) is 0.652. The number of aromatic nitrogens is 2. The molecule has 0 aliphatic heterocycles. The number of benzene rings is 2. The van der Waals surface area contributed by atoms with Crippen LogP contribution in [0.15, 0.2) is 60.8 Å². The molecular weight excluding hydrogens is 348 g/mol. The fourth-order valence-electron chi connectivity index (χ4n) is 3.22. The average Bonchev–Trinajstić information content (AvgIpc) is 3.11. The second kappa shape index (κ2) is 7.61. The first-order valence-electron chi connectivity index (χ1n) is 8.84. The van der Waals surface area contributed by atoms with Gasteiger partial charge < -0.3 is 10.6 Å². The fourth-order valence-corrected chi connectivity index (χ4v) is 3.22. The Balaban J connectivity index is 1.50. The van der Waals surface area contributed by atoms with Gasteiger partial charge in [-0.25, -0.2) is 4.98 Å². The van der Waals surface area contributed by atoms with Crippen LogP contribution in [0, 0.1) is 22.7 Å². The van der Waals surface area contributed by atoms with Crippen LogP contribution in [0.2, 0.25) is 0 Å². The van der Waals surface area contributed by atoms with Crippen LogP contribution in [-0.2, 0) is 6.42 Å². The molecule has 6 nitrogen and oxygen atoms in total. The SMILES string of the molecule is N#C/C=C1/CCc2cc(Nc3ccnc(Nc4ccc(C#N)cc4)n3)ccc21. The van der Waals surface area contributed by atoms with Gasteiger partial charge in [-0.05, 0) is 72.0 Å². The first-order valence-corrected chi connectivity index (χ1v) is 8.84. The minimum absolute atomic E-state index is 0.468. The van der Waals surface area contributed by atoms with E-state index in [-0.39, 0.29) is 0 Å². The van der Waals surface area contributed by atoms with E-state index in [1.807, 2.05) is 24.3 Å². The Morgan fingerprint density at radius 2 is 1.75 bits per heavy atom. The molecule has 6 heteroatoms. The van der Waals surface area contributed by atoms with Crippen molar-refractivity contribution in [2.75, 3.05) is 10.6 Å². The highest BCUT2D eigenvalue weighted by Crippen LogP contribution is 2.34. The Morgan fingerprint density at radius 3 is 2.54 bits per heavy atom. The number of fused-ring (bicyclic) bond motifs is 1. The van der Waals surface area contributed by atoms with Crippen molar-refractivity contribution in [3.63, 3.8) is 0 Å². The summed E-state index contributed by atoms with van der Waals surface area (Å²) in [5.74, 6) is 1.15. The molecule has 0 atom stereocenters. The number of nitriles is 2. The molecule has 28 heavy (non-hydrogen) atoms. The predicted molar refractivity (Wildman–Crippen MR) is 108 cm³/mol. The van der Waals surface area contributed by atoms with Gasteiger partial charge in [-0.2, -0.15) is 15.5 Å². The Labute approximate surface area is 162 Å². The number of anilines is 4. The van der Waals surface area contributed by atoms with Crippen LogP contribution in [0.4, 0.5) is 23.1 Å². The molecular formula is C22H16N6. The summed E-state index contributed by atoms with van der Waals surface area (Å²) in [5, 5.41) is 24.2. The monoisotopic (exact) mass is 364 g/mol. The van der Waals surface area contributed by atoms with Gasteiger partial charge in [-0.1, -0.05) is 6.07 Å². The van der Waals surface area contributed by atoms with Crippen LogP contribution >= 0.6 is 0 Å². The van der Waals surface area contributed by atoms with Crippen molar-refractivity contribution < 1.29 is 0 Å². The summed E-state index contributed by atoms with van der Waals surface area (Å²) in [5.41, 5.74) is 5.84. The van der Waals surface area contributed by atoms with E-state index in [1.54, 1.807) is 30.5 Å².